The van der Waals surface area contributed by atoms with Crippen LogP contribution >= 0.6 is 0 Å². The SMILES string of the molecule is CCOc1ccc(C(O)C2CCCC(C)C2)cc1OCC. The van der Waals surface area contributed by atoms with E-state index in [-0.39, 0.29) is 0 Å². The fourth-order valence-electron chi connectivity index (χ4n) is 3.29. The molecule has 0 heterocycles. The maximum absolute atomic E-state index is 10.7. The third kappa shape index (κ3) is 4.13. The summed E-state index contributed by atoms with van der Waals surface area (Å²) in [4.78, 5) is 0. The van der Waals surface area contributed by atoms with Crippen LogP contribution < -0.4 is 9.47 Å². The first-order valence-corrected chi connectivity index (χ1v) is 8.23. The summed E-state index contributed by atoms with van der Waals surface area (Å²) in [6, 6.07) is 5.83. The molecular weight excluding hydrogens is 264 g/mol. The Kier molecular flexibility index (Phi) is 5.92. The molecule has 3 nitrogen and oxygen atoms in total. The molecule has 1 saturated carbocycles. The normalized spacial score (nSPS) is 23.6. The molecule has 0 radical (unpaired) electrons. The van der Waals surface area contributed by atoms with E-state index in [0.717, 1.165) is 29.9 Å². The van der Waals surface area contributed by atoms with E-state index in [0.29, 0.717) is 25.0 Å². The molecule has 1 fully saturated rings. The first-order chi connectivity index (χ1) is 10.2. The van der Waals surface area contributed by atoms with E-state index in [2.05, 4.69) is 6.92 Å². The molecule has 0 spiro atoms. The van der Waals surface area contributed by atoms with Crippen molar-refractivity contribution in [2.24, 2.45) is 11.8 Å². The summed E-state index contributed by atoms with van der Waals surface area (Å²) in [7, 11) is 0. The van der Waals surface area contributed by atoms with Crippen LogP contribution in [-0.4, -0.2) is 18.3 Å². The topological polar surface area (TPSA) is 38.7 Å². The van der Waals surface area contributed by atoms with Crippen LogP contribution in [0.2, 0.25) is 0 Å². The zero-order valence-corrected chi connectivity index (χ0v) is 13.5. The van der Waals surface area contributed by atoms with Crippen LogP contribution in [0.5, 0.6) is 11.5 Å². The van der Waals surface area contributed by atoms with Gasteiger partial charge in [0.15, 0.2) is 11.5 Å². The Labute approximate surface area is 128 Å². The molecule has 1 aromatic rings. The third-order valence-electron chi connectivity index (χ3n) is 4.33. The zero-order valence-electron chi connectivity index (χ0n) is 13.5. The van der Waals surface area contributed by atoms with Crippen molar-refractivity contribution in [1.82, 2.24) is 0 Å². The van der Waals surface area contributed by atoms with Gasteiger partial charge in [-0.25, -0.2) is 0 Å². The second-order valence-corrected chi connectivity index (χ2v) is 6.05. The van der Waals surface area contributed by atoms with Crippen molar-refractivity contribution >= 4 is 0 Å². The molecule has 1 aromatic carbocycles. The van der Waals surface area contributed by atoms with E-state index in [4.69, 9.17) is 9.47 Å². The first kappa shape index (κ1) is 16.2. The van der Waals surface area contributed by atoms with E-state index >= 15 is 0 Å². The van der Waals surface area contributed by atoms with Gasteiger partial charge in [-0.3, -0.25) is 0 Å². The Balaban J connectivity index is 2.16. The molecule has 118 valence electrons. The quantitative estimate of drug-likeness (QED) is 0.847. The number of hydrogen-bond acceptors (Lipinski definition) is 3. The summed E-state index contributed by atoms with van der Waals surface area (Å²) in [6.07, 6.45) is 4.33. The van der Waals surface area contributed by atoms with Gasteiger partial charge in [-0.2, -0.15) is 0 Å². The lowest BCUT2D eigenvalue weighted by Gasteiger charge is -2.30. The highest BCUT2D eigenvalue weighted by molar-refractivity contribution is 5.43. The van der Waals surface area contributed by atoms with Crippen LogP contribution in [0.15, 0.2) is 18.2 Å². The minimum Gasteiger partial charge on any atom is -0.490 e. The molecule has 1 aliphatic carbocycles. The summed E-state index contributed by atoms with van der Waals surface area (Å²) >= 11 is 0. The van der Waals surface area contributed by atoms with Crippen LogP contribution in [0.4, 0.5) is 0 Å². The van der Waals surface area contributed by atoms with Gasteiger partial charge in [0.2, 0.25) is 0 Å². The number of ether oxygens (including phenoxy) is 2. The van der Waals surface area contributed by atoms with Gasteiger partial charge >= 0.3 is 0 Å². The van der Waals surface area contributed by atoms with Crippen molar-refractivity contribution in [2.75, 3.05) is 13.2 Å². The fourth-order valence-corrected chi connectivity index (χ4v) is 3.29. The Hall–Kier alpha value is -1.22. The van der Waals surface area contributed by atoms with Gasteiger partial charge in [0.05, 0.1) is 19.3 Å². The summed E-state index contributed by atoms with van der Waals surface area (Å²) in [5, 5.41) is 10.7. The molecular formula is C18H28O3. The molecule has 3 heteroatoms. The van der Waals surface area contributed by atoms with Gasteiger partial charge in [0, 0.05) is 0 Å². The summed E-state index contributed by atoms with van der Waals surface area (Å²) in [5.74, 6) is 2.57. The highest BCUT2D eigenvalue weighted by Gasteiger charge is 2.27. The van der Waals surface area contributed by atoms with Crippen LogP contribution in [0.25, 0.3) is 0 Å². The molecule has 0 aliphatic heterocycles. The van der Waals surface area contributed by atoms with Gasteiger partial charge in [-0.15, -0.1) is 0 Å². The standard InChI is InChI=1S/C18H28O3/c1-4-20-16-10-9-15(12-17(16)21-5-2)18(19)14-8-6-7-13(3)11-14/h9-10,12-14,18-19H,4-8,11H2,1-3H3. The van der Waals surface area contributed by atoms with Crippen molar-refractivity contribution in [2.45, 2.75) is 52.6 Å². The summed E-state index contributed by atoms with van der Waals surface area (Å²) < 4.78 is 11.2. The Morgan fingerprint density at radius 2 is 1.86 bits per heavy atom. The lowest BCUT2D eigenvalue weighted by Crippen LogP contribution is -2.20. The van der Waals surface area contributed by atoms with E-state index in [9.17, 15) is 5.11 Å². The average Bonchev–Trinajstić information content (AvgIpc) is 2.49. The molecule has 0 aromatic heterocycles. The molecule has 2 rings (SSSR count). The number of aliphatic hydroxyl groups excluding tert-OH is 1. The number of hydrogen-bond donors (Lipinski definition) is 1. The molecule has 1 N–H and O–H groups in total. The zero-order chi connectivity index (χ0) is 15.2. The Morgan fingerprint density at radius 1 is 1.14 bits per heavy atom. The van der Waals surface area contributed by atoms with Gasteiger partial charge in [0.1, 0.15) is 0 Å². The number of rotatable bonds is 6. The molecule has 21 heavy (non-hydrogen) atoms. The molecule has 3 atom stereocenters. The fraction of sp³-hybridized carbons (Fsp3) is 0.667. The van der Waals surface area contributed by atoms with E-state index in [1.165, 1.54) is 12.8 Å². The predicted octanol–water partition coefficient (Wildman–Crippen LogP) is 4.34. The van der Waals surface area contributed by atoms with Gasteiger partial charge in [0.25, 0.3) is 0 Å². The van der Waals surface area contributed by atoms with Crippen LogP contribution in [0, 0.1) is 11.8 Å². The average molecular weight is 292 g/mol. The molecule has 3 unspecified atom stereocenters. The molecule has 0 bridgehead atoms. The van der Waals surface area contributed by atoms with Crippen molar-refractivity contribution in [3.05, 3.63) is 23.8 Å². The largest absolute Gasteiger partial charge is 0.490 e. The van der Waals surface area contributed by atoms with Crippen molar-refractivity contribution in [3.63, 3.8) is 0 Å². The predicted molar refractivity (Wildman–Crippen MR) is 84.9 cm³/mol. The highest BCUT2D eigenvalue weighted by Crippen LogP contribution is 2.39. The first-order valence-electron chi connectivity index (χ1n) is 8.23. The van der Waals surface area contributed by atoms with E-state index < -0.39 is 6.10 Å². The van der Waals surface area contributed by atoms with Crippen molar-refractivity contribution < 1.29 is 14.6 Å². The number of benzene rings is 1. The second kappa shape index (κ2) is 7.69. The third-order valence-corrected chi connectivity index (χ3v) is 4.33. The van der Waals surface area contributed by atoms with Crippen LogP contribution in [0.3, 0.4) is 0 Å². The van der Waals surface area contributed by atoms with Crippen LogP contribution in [0.1, 0.15) is 58.1 Å². The maximum atomic E-state index is 10.7. The smallest absolute Gasteiger partial charge is 0.161 e. The Morgan fingerprint density at radius 3 is 2.52 bits per heavy atom. The van der Waals surface area contributed by atoms with Gasteiger partial charge < -0.3 is 14.6 Å². The lowest BCUT2D eigenvalue weighted by molar-refractivity contribution is 0.0711. The molecule has 0 saturated heterocycles. The summed E-state index contributed by atoms with van der Waals surface area (Å²) in [6.45, 7) is 7.41. The van der Waals surface area contributed by atoms with E-state index in [1.807, 2.05) is 32.0 Å². The Bertz CT molecular complexity index is 444. The second-order valence-electron chi connectivity index (χ2n) is 6.05. The maximum Gasteiger partial charge on any atom is 0.161 e. The highest BCUT2D eigenvalue weighted by atomic mass is 16.5. The van der Waals surface area contributed by atoms with Crippen molar-refractivity contribution in [1.29, 1.82) is 0 Å². The number of aliphatic hydroxyl groups is 1. The van der Waals surface area contributed by atoms with Gasteiger partial charge in [-0.1, -0.05) is 25.8 Å². The molecule has 1 aliphatic rings. The van der Waals surface area contributed by atoms with Crippen LogP contribution in [-0.2, 0) is 0 Å². The van der Waals surface area contributed by atoms with Gasteiger partial charge in [-0.05, 0) is 56.2 Å². The monoisotopic (exact) mass is 292 g/mol. The lowest BCUT2D eigenvalue weighted by atomic mass is 9.78. The summed E-state index contributed by atoms with van der Waals surface area (Å²) in [5.41, 5.74) is 0.945. The minimum absolute atomic E-state index is 0.362. The van der Waals surface area contributed by atoms with E-state index in [1.54, 1.807) is 0 Å². The minimum atomic E-state index is -0.400. The molecule has 0 amide bonds. The van der Waals surface area contributed by atoms with Crippen molar-refractivity contribution in [3.8, 4) is 11.5 Å².